The molecule has 0 spiro atoms. The molecular formula is C26H22ClN3O2S. The van der Waals surface area contributed by atoms with E-state index in [4.69, 9.17) is 16.3 Å². The number of methoxy groups -OCH3 is 1. The number of rotatable bonds is 6. The Bertz CT molecular complexity index is 1290. The molecule has 0 atom stereocenters. The Labute approximate surface area is 202 Å². The molecular weight excluding hydrogens is 454 g/mol. The molecule has 0 unspecified atom stereocenters. The Morgan fingerprint density at radius 3 is 2.58 bits per heavy atom. The Balaban J connectivity index is 1.44. The highest BCUT2D eigenvalue weighted by Crippen LogP contribution is 2.33. The molecule has 4 aromatic rings. The maximum Gasteiger partial charge on any atom is 0.237 e. The van der Waals surface area contributed by atoms with E-state index in [2.05, 4.69) is 15.6 Å². The summed E-state index contributed by atoms with van der Waals surface area (Å²) in [6.07, 6.45) is 2.74. The number of fused-ring (bicyclic) bond motifs is 1. The van der Waals surface area contributed by atoms with E-state index in [0.717, 1.165) is 46.5 Å². The number of carbonyl (C=O) groups is 1. The van der Waals surface area contributed by atoms with Crippen LogP contribution in [0.15, 0.2) is 84.1 Å². The molecule has 3 aromatic carbocycles. The number of nitrogens with zero attached hydrogens (tertiary/aromatic N) is 3. The minimum absolute atomic E-state index is 0.0848. The van der Waals surface area contributed by atoms with E-state index in [1.54, 1.807) is 7.11 Å². The van der Waals surface area contributed by atoms with Gasteiger partial charge in [-0.1, -0.05) is 41.6 Å². The van der Waals surface area contributed by atoms with Crippen molar-refractivity contribution in [3.63, 3.8) is 0 Å². The second kappa shape index (κ2) is 9.33. The third kappa shape index (κ3) is 4.36. The minimum atomic E-state index is 0.0848. The fraction of sp³-hybridized carbons (Fsp3) is 0.154. The first-order chi connectivity index (χ1) is 16.1. The van der Waals surface area contributed by atoms with Crippen molar-refractivity contribution in [3.05, 3.63) is 89.6 Å². The molecule has 0 saturated carbocycles. The largest absolute Gasteiger partial charge is 0.497 e. The van der Waals surface area contributed by atoms with Gasteiger partial charge in [-0.3, -0.25) is 9.36 Å². The summed E-state index contributed by atoms with van der Waals surface area (Å²) >= 11 is 7.57. The van der Waals surface area contributed by atoms with Gasteiger partial charge >= 0.3 is 0 Å². The first kappa shape index (κ1) is 21.6. The van der Waals surface area contributed by atoms with E-state index in [9.17, 15) is 4.79 Å². The molecule has 0 fully saturated rings. The van der Waals surface area contributed by atoms with Crippen LogP contribution in [0.3, 0.4) is 0 Å². The lowest BCUT2D eigenvalue weighted by atomic mass is 10.1. The maximum absolute atomic E-state index is 13.1. The van der Waals surface area contributed by atoms with Crippen molar-refractivity contribution in [3.8, 4) is 22.7 Å². The minimum Gasteiger partial charge on any atom is -0.497 e. The van der Waals surface area contributed by atoms with Gasteiger partial charge in [-0.25, -0.2) is 4.98 Å². The van der Waals surface area contributed by atoms with E-state index in [0.29, 0.717) is 10.8 Å². The highest BCUT2D eigenvalue weighted by atomic mass is 35.5. The number of anilines is 1. The van der Waals surface area contributed by atoms with Crippen LogP contribution in [-0.4, -0.2) is 34.9 Å². The van der Waals surface area contributed by atoms with E-state index in [1.807, 2.05) is 77.8 Å². The Kier molecular flexibility index (Phi) is 6.11. The molecule has 5 nitrogen and oxygen atoms in total. The molecule has 5 rings (SSSR count). The predicted octanol–water partition coefficient (Wildman–Crippen LogP) is 5.88. The molecule has 1 aromatic heterocycles. The van der Waals surface area contributed by atoms with Gasteiger partial charge in [-0.2, -0.15) is 0 Å². The van der Waals surface area contributed by atoms with Gasteiger partial charge in [0.15, 0.2) is 5.16 Å². The zero-order valence-corrected chi connectivity index (χ0v) is 19.6. The van der Waals surface area contributed by atoms with Gasteiger partial charge in [-0.15, -0.1) is 0 Å². The van der Waals surface area contributed by atoms with E-state index in [-0.39, 0.29) is 5.91 Å². The summed E-state index contributed by atoms with van der Waals surface area (Å²) in [6, 6.07) is 23.6. The number of para-hydroxylation sites is 1. The first-order valence-electron chi connectivity index (χ1n) is 10.6. The SMILES string of the molecule is COc1ccc(-c2cnc(SCC(=O)N3CCc4ccccc43)n2-c2ccc(Cl)cc2)cc1. The van der Waals surface area contributed by atoms with Gasteiger partial charge in [0.1, 0.15) is 5.75 Å². The normalized spacial score (nSPS) is 12.6. The topological polar surface area (TPSA) is 47.4 Å². The van der Waals surface area contributed by atoms with Crippen LogP contribution < -0.4 is 9.64 Å². The quantitative estimate of drug-likeness (QED) is 0.326. The summed E-state index contributed by atoms with van der Waals surface area (Å²) in [5.41, 5.74) is 5.11. The van der Waals surface area contributed by atoms with E-state index in [1.165, 1.54) is 17.3 Å². The van der Waals surface area contributed by atoms with Gasteiger partial charge in [0.2, 0.25) is 5.91 Å². The Morgan fingerprint density at radius 1 is 1.06 bits per heavy atom. The number of ether oxygens (including phenoxy) is 1. The molecule has 1 amide bonds. The fourth-order valence-electron chi connectivity index (χ4n) is 4.04. The lowest BCUT2D eigenvalue weighted by Gasteiger charge is -2.17. The molecule has 0 saturated heterocycles. The predicted molar refractivity (Wildman–Crippen MR) is 134 cm³/mol. The lowest BCUT2D eigenvalue weighted by molar-refractivity contribution is -0.116. The van der Waals surface area contributed by atoms with Crippen LogP contribution in [0.25, 0.3) is 16.9 Å². The molecule has 7 heteroatoms. The van der Waals surface area contributed by atoms with Crippen molar-refractivity contribution >= 4 is 35.0 Å². The number of imidazole rings is 1. The van der Waals surface area contributed by atoms with Crippen LogP contribution >= 0.6 is 23.4 Å². The average Bonchev–Trinajstić information content (AvgIpc) is 3.48. The van der Waals surface area contributed by atoms with Crippen molar-refractivity contribution in [2.75, 3.05) is 24.3 Å². The van der Waals surface area contributed by atoms with Gasteiger partial charge in [0.05, 0.1) is 24.8 Å². The molecule has 0 aliphatic carbocycles. The molecule has 33 heavy (non-hydrogen) atoms. The smallest absolute Gasteiger partial charge is 0.237 e. The zero-order valence-electron chi connectivity index (χ0n) is 18.1. The van der Waals surface area contributed by atoms with Crippen molar-refractivity contribution < 1.29 is 9.53 Å². The molecule has 2 heterocycles. The van der Waals surface area contributed by atoms with Gasteiger partial charge in [-0.05, 0) is 66.6 Å². The number of thioether (sulfide) groups is 1. The average molecular weight is 476 g/mol. The summed E-state index contributed by atoms with van der Waals surface area (Å²) in [7, 11) is 1.65. The van der Waals surface area contributed by atoms with Crippen LogP contribution in [-0.2, 0) is 11.2 Å². The lowest BCUT2D eigenvalue weighted by Crippen LogP contribution is -2.30. The van der Waals surface area contributed by atoms with E-state index >= 15 is 0 Å². The second-order valence-corrected chi connectivity index (χ2v) is 9.06. The van der Waals surface area contributed by atoms with Crippen LogP contribution in [0, 0.1) is 0 Å². The molecule has 1 aliphatic heterocycles. The number of aromatic nitrogens is 2. The fourth-order valence-corrected chi connectivity index (χ4v) is 5.04. The molecule has 1 aliphatic rings. The molecule has 0 radical (unpaired) electrons. The highest BCUT2D eigenvalue weighted by molar-refractivity contribution is 7.99. The molecule has 0 N–H and O–H groups in total. The maximum atomic E-state index is 13.1. The summed E-state index contributed by atoms with van der Waals surface area (Å²) in [6.45, 7) is 0.724. The van der Waals surface area contributed by atoms with Gasteiger partial charge in [0.25, 0.3) is 0 Å². The highest BCUT2D eigenvalue weighted by Gasteiger charge is 2.25. The number of benzene rings is 3. The third-order valence-electron chi connectivity index (χ3n) is 5.71. The summed E-state index contributed by atoms with van der Waals surface area (Å²) in [5.74, 6) is 1.19. The first-order valence-corrected chi connectivity index (χ1v) is 12.0. The van der Waals surface area contributed by atoms with Crippen LogP contribution in [0.2, 0.25) is 5.02 Å². The van der Waals surface area contributed by atoms with Crippen LogP contribution in [0.5, 0.6) is 5.75 Å². The monoisotopic (exact) mass is 475 g/mol. The molecule has 0 bridgehead atoms. The summed E-state index contributed by atoms with van der Waals surface area (Å²) in [5, 5.41) is 1.42. The Hall–Kier alpha value is -3.22. The van der Waals surface area contributed by atoms with E-state index < -0.39 is 0 Å². The van der Waals surface area contributed by atoms with Crippen molar-refractivity contribution in [1.29, 1.82) is 0 Å². The number of amides is 1. The van der Waals surface area contributed by atoms with Gasteiger partial charge < -0.3 is 9.64 Å². The standard InChI is InChI=1S/C26H22ClN3O2S/c1-32-22-12-6-19(7-13-22)24-16-28-26(30(24)21-10-8-20(27)9-11-21)33-17-25(31)29-15-14-18-4-2-3-5-23(18)29/h2-13,16H,14-15,17H2,1H3. The number of hydrogen-bond donors (Lipinski definition) is 0. The number of carbonyl (C=O) groups excluding carboxylic acids is 1. The second-order valence-electron chi connectivity index (χ2n) is 7.68. The van der Waals surface area contributed by atoms with Crippen LogP contribution in [0.4, 0.5) is 5.69 Å². The van der Waals surface area contributed by atoms with Crippen molar-refractivity contribution in [2.45, 2.75) is 11.6 Å². The number of halogens is 1. The summed E-state index contributed by atoms with van der Waals surface area (Å²) in [4.78, 5) is 19.6. The van der Waals surface area contributed by atoms with Gasteiger partial charge in [0, 0.05) is 28.5 Å². The van der Waals surface area contributed by atoms with Crippen molar-refractivity contribution in [2.24, 2.45) is 0 Å². The summed E-state index contributed by atoms with van der Waals surface area (Å²) < 4.78 is 7.36. The third-order valence-corrected chi connectivity index (χ3v) is 6.90. The number of hydrogen-bond acceptors (Lipinski definition) is 4. The Morgan fingerprint density at radius 2 is 1.82 bits per heavy atom. The van der Waals surface area contributed by atoms with Crippen LogP contribution in [0.1, 0.15) is 5.56 Å². The van der Waals surface area contributed by atoms with Crippen molar-refractivity contribution in [1.82, 2.24) is 9.55 Å². The molecule has 166 valence electrons. The zero-order chi connectivity index (χ0) is 22.8.